The van der Waals surface area contributed by atoms with E-state index in [-0.39, 0.29) is 0 Å². The Kier molecular flexibility index (Phi) is 21.8. The molecule has 0 aromatic rings. The van der Waals surface area contributed by atoms with E-state index in [2.05, 4.69) is 22.9 Å². The number of hydrogen-bond donors (Lipinski definition) is 0. The molecule has 0 aromatic heterocycles. The average Bonchev–Trinajstić information content (AvgIpc) is 2.54. The summed E-state index contributed by atoms with van der Waals surface area (Å²) >= 11 is 3.33. The van der Waals surface area contributed by atoms with Crippen molar-refractivity contribution < 1.29 is 9.47 Å². The van der Waals surface area contributed by atoms with Crippen LogP contribution in [-0.2, 0) is 9.47 Å². The number of alkyl halides is 1. The highest BCUT2D eigenvalue weighted by Crippen LogP contribution is 2.12. The SMILES string of the molecule is CCCCCCCCCCCCCCCOCCOCCBr. The molecule has 0 aliphatic carbocycles. The second-order valence-corrected chi connectivity index (χ2v) is 6.95. The summed E-state index contributed by atoms with van der Waals surface area (Å²) in [6.07, 6.45) is 18.2. The van der Waals surface area contributed by atoms with Gasteiger partial charge in [0.25, 0.3) is 0 Å². The first-order chi connectivity index (χ1) is 10.9. The quantitative estimate of drug-likeness (QED) is 0.188. The van der Waals surface area contributed by atoms with Gasteiger partial charge in [0.2, 0.25) is 0 Å². The van der Waals surface area contributed by atoms with Crippen molar-refractivity contribution in [2.24, 2.45) is 0 Å². The molecule has 0 amide bonds. The zero-order valence-electron chi connectivity index (χ0n) is 14.9. The summed E-state index contributed by atoms with van der Waals surface area (Å²) < 4.78 is 10.9. The van der Waals surface area contributed by atoms with E-state index in [1.54, 1.807) is 0 Å². The fraction of sp³-hybridized carbons (Fsp3) is 1.00. The first-order valence-electron chi connectivity index (χ1n) is 9.63. The summed E-state index contributed by atoms with van der Waals surface area (Å²) in [6.45, 7) is 5.43. The number of rotatable bonds is 19. The highest BCUT2D eigenvalue weighted by atomic mass is 79.9. The van der Waals surface area contributed by atoms with Crippen LogP contribution in [0.25, 0.3) is 0 Å². The minimum absolute atomic E-state index is 0.726. The van der Waals surface area contributed by atoms with E-state index in [1.165, 1.54) is 83.5 Å². The van der Waals surface area contributed by atoms with Gasteiger partial charge < -0.3 is 9.47 Å². The van der Waals surface area contributed by atoms with Gasteiger partial charge in [0.05, 0.1) is 19.8 Å². The third kappa shape index (κ3) is 20.4. The molecule has 0 aromatic carbocycles. The summed E-state index contributed by atoms with van der Waals surface area (Å²) in [7, 11) is 0. The second kappa shape index (κ2) is 21.4. The summed E-state index contributed by atoms with van der Waals surface area (Å²) in [5, 5.41) is 0.909. The molecule has 134 valence electrons. The molecular formula is C19H39BrO2. The van der Waals surface area contributed by atoms with E-state index in [0.717, 1.165) is 31.8 Å². The van der Waals surface area contributed by atoms with Gasteiger partial charge >= 0.3 is 0 Å². The van der Waals surface area contributed by atoms with Crippen molar-refractivity contribution in [3.8, 4) is 0 Å². The van der Waals surface area contributed by atoms with Crippen LogP contribution in [0.15, 0.2) is 0 Å². The summed E-state index contributed by atoms with van der Waals surface area (Å²) in [5.74, 6) is 0. The third-order valence-corrected chi connectivity index (χ3v) is 4.31. The Morgan fingerprint density at radius 2 is 0.909 bits per heavy atom. The Hall–Kier alpha value is 0.400. The van der Waals surface area contributed by atoms with Crippen molar-refractivity contribution in [3.63, 3.8) is 0 Å². The summed E-state index contributed by atoms with van der Waals surface area (Å²) in [6, 6.07) is 0. The molecule has 0 saturated heterocycles. The molecule has 0 bridgehead atoms. The number of unbranched alkanes of at least 4 members (excludes halogenated alkanes) is 12. The van der Waals surface area contributed by atoms with Crippen molar-refractivity contribution in [2.75, 3.05) is 31.8 Å². The van der Waals surface area contributed by atoms with Crippen LogP contribution < -0.4 is 0 Å². The fourth-order valence-electron chi connectivity index (χ4n) is 2.60. The average molecular weight is 379 g/mol. The van der Waals surface area contributed by atoms with Crippen LogP contribution in [0.4, 0.5) is 0 Å². The molecule has 0 heterocycles. The lowest BCUT2D eigenvalue weighted by Crippen LogP contribution is -2.06. The minimum atomic E-state index is 0.726. The molecule has 3 heteroatoms. The normalized spacial score (nSPS) is 11.2. The van der Waals surface area contributed by atoms with Crippen molar-refractivity contribution in [3.05, 3.63) is 0 Å². The zero-order chi connectivity index (χ0) is 16.1. The molecule has 22 heavy (non-hydrogen) atoms. The largest absolute Gasteiger partial charge is 0.379 e. The maximum Gasteiger partial charge on any atom is 0.0700 e. The zero-order valence-corrected chi connectivity index (χ0v) is 16.5. The van der Waals surface area contributed by atoms with Gasteiger partial charge in [0.15, 0.2) is 0 Å². The van der Waals surface area contributed by atoms with Gasteiger partial charge in [0, 0.05) is 11.9 Å². The van der Waals surface area contributed by atoms with Gasteiger partial charge in [-0.05, 0) is 6.42 Å². The molecule has 0 aliphatic rings. The van der Waals surface area contributed by atoms with Gasteiger partial charge in [-0.3, -0.25) is 0 Å². The van der Waals surface area contributed by atoms with Crippen LogP contribution in [0, 0.1) is 0 Å². The van der Waals surface area contributed by atoms with Crippen molar-refractivity contribution in [1.82, 2.24) is 0 Å². The number of halogens is 1. The van der Waals surface area contributed by atoms with E-state index >= 15 is 0 Å². The molecule has 0 spiro atoms. The van der Waals surface area contributed by atoms with Gasteiger partial charge in [-0.2, -0.15) is 0 Å². The molecule has 0 saturated carbocycles. The standard InChI is InChI=1S/C19H39BrO2/c1-2-3-4-5-6-7-8-9-10-11-12-13-14-16-21-18-19-22-17-15-20/h2-19H2,1H3. The Balaban J connectivity index is 2.91. The molecule has 2 nitrogen and oxygen atoms in total. The molecule has 0 radical (unpaired) electrons. The predicted octanol–water partition coefficient (Wildman–Crippen LogP) is 6.51. The lowest BCUT2D eigenvalue weighted by molar-refractivity contribution is 0.0524. The van der Waals surface area contributed by atoms with Crippen molar-refractivity contribution >= 4 is 15.9 Å². The fourth-order valence-corrected chi connectivity index (χ4v) is 2.83. The van der Waals surface area contributed by atoms with Crippen LogP contribution in [0.5, 0.6) is 0 Å². The minimum Gasteiger partial charge on any atom is -0.379 e. The van der Waals surface area contributed by atoms with Crippen molar-refractivity contribution in [1.29, 1.82) is 0 Å². The van der Waals surface area contributed by atoms with Crippen LogP contribution in [-0.4, -0.2) is 31.8 Å². The highest BCUT2D eigenvalue weighted by Gasteiger charge is 1.94. The molecule has 0 atom stereocenters. The monoisotopic (exact) mass is 378 g/mol. The van der Waals surface area contributed by atoms with Crippen molar-refractivity contribution in [2.45, 2.75) is 90.4 Å². The first kappa shape index (κ1) is 22.4. The van der Waals surface area contributed by atoms with E-state index in [9.17, 15) is 0 Å². The van der Waals surface area contributed by atoms with E-state index in [1.807, 2.05) is 0 Å². The van der Waals surface area contributed by atoms with Gasteiger partial charge in [-0.1, -0.05) is 99.9 Å². The molecule has 0 N–H and O–H groups in total. The molecule has 0 rings (SSSR count). The lowest BCUT2D eigenvalue weighted by atomic mass is 10.0. The highest BCUT2D eigenvalue weighted by molar-refractivity contribution is 9.09. The predicted molar refractivity (Wildman–Crippen MR) is 101 cm³/mol. The van der Waals surface area contributed by atoms with Gasteiger partial charge in [-0.25, -0.2) is 0 Å². The molecule has 0 unspecified atom stereocenters. The summed E-state index contributed by atoms with van der Waals surface area (Å²) in [5.41, 5.74) is 0. The van der Waals surface area contributed by atoms with E-state index < -0.39 is 0 Å². The Labute approximate surface area is 147 Å². The first-order valence-corrected chi connectivity index (χ1v) is 10.8. The Morgan fingerprint density at radius 1 is 0.500 bits per heavy atom. The van der Waals surface area contributed by atoms with Crippen LogP contribution >= 0.6 is 15.9 Å². The second-order valence-electron chi connectivity index (χ2n) is 6.16. The van der Waals surface area contributed by atoms with Gasteiger partial charge in [0.1, 0.15) is 0 Å². The van der Waals surface area contributed by atoms with E-state index in [4.69, 9.17) is 9.47 Å². The number of hydrogen-bond acceptors (Lipinski definition) is 2. The maximum atomic E-state index is 5.54. The molecule has 0 aliphatic heterocycles. The Bertz CT molecular complexity index is 168. The topological polar surface area (TPSA) is 18.5 Å². The molecule has 0 fully saturated rings. The van der Waals surface area contributed by atoms with Crippen LogP contribution in [0.1, 0.15) is 90.4 Å². The molecular weight excluding hydrogens is 340 g/mol. The summed E-state index contributed by atoms with van der Waals surface area (Å²) in [4.78, 5) is 0. The Morgan fingerprint density at radius 3 is 1.36 bits per heavy atom. The van der Waals surface area contributed by atoms with Crippen LogP contribution in [0.3, 0.4) is 0 Å². The lowest BCUT2D eigenvalue weighted by Gasteiger charge is -2.05. The van der Waals surface area contributed by atoms with E-state index in [0.29, 0.717) is 0 Å². The van der Waals surface area contributed by atoms with Gasteiger partial charge in [-0.15, -0.1) is 0 Å². The van der Waals surface area contributed by atoms with Crippen LogP contribution in [0.2, 0.25) is 0 Å². The maximum absolute atomic E-state index is 5.54. The third-order valence-electron chi connectivity index (χ3n) is 3.99. The number of ether oxygens (including phenoxy) is 2. The smallest absolute Gasteiger partial charge is 0.0700 e.